The number of alkyl halides is 1. The number of halogens is 1. The van der Waals surface area contributed by atoms with Gasteiger partial charge in [0.25, 0.3) is 0 Å². The second kappa shape index (κ2) is 7.64. The third kappa shape index (κ3) is 5.63. The van der Waals surface area contributed by atoms with Crippen LogP contribution in [0.15, 0.2) is 0 Å². The van der Waals surface area contributed by atoms with Crippen molar-refractivity contribution >= 4 is 28.9 Å². The summed E-state index contributed by atoms with van der Waals surface area (Å²) in [5.74, 6) is 4.61. The van der Waals surface area contributed by atoms with E-state index >= 15 is 0 Å². The van der Waals surface area contributed by atoms with Gasteiger partial charge in [0.2, 0.25) is 0 Å². The normalized spacial score (nSPS) is 37.9. The Morgan fingerprint density at radius 2 is 1.79 bits per heavy atom. The average molecular weight is 600 g/mol. The molecular formula is C16H27IOU. The Morgan fingerprint density at radius 1 is 1.32 bits per heavy atom. The van der Waals surface area contributed by atoms with Crippen LogP contribution in [0, 0.1) is 60.2 Å². The van der Waals surface area contributed by atoms with Gasteiger partial charge in [-0.05, 0) is 12.3 Å². The largest absolute Gasteiger partial charge is 2.00 e. The Balaban J connectivity index is 0.000000404. The Hall–Kier alpha value is 1.45. The Labute approximate surface area is 157 Å². The maximum atomic E-state index is 9.69. The molecule has 0 aromatic carbocycles. The van der Waals surface area contributed by atoms with Crippen molar-refractivity contribution in [1.82, 2.24) is 0 Å². The SMILES string of the molecule is CC(C)(I)[C-]=O.C[C-]1[C@H]2C[C@H](C)CC(C)(C2)[C@@H]1C.[U+2]. The summed E-state index contributed by atoms with van der Waals surface area (Å²) in [6, 6.07) is 0. The van der Waals surface area contributed by atoms with Crippen LogP contribution in [0.5, 0.6) is 0 Å². The molecule has 0 aromatic rings. The van der Waals surface area contributed by atoms with E-state index in [1.54, 1.807) is 19.8 Å². The van der Waals surface area contributed by atoms with E-state index in [4.69, 9.17) is 0 Å². The van der Waals surface area contributed by atoms with Crippen molar-refractivity contribution in [1.29, 1.82) is 0 Å². The van der Waals surface area contributed by atoms with Gasteiger partial charge < -0.3 is 10.7 Å². The summed E-state index contributed by atoms with van der Waals surface area (Å²) in [5, 5.41) is 0. The molecule has 3 heteroatoms. The molecule has 0 saturated heterocycles. The first-order valence-electron chi connectivity index (χ1n) is 7.00. The summed E-state index contributed by atoms with van der Waals surface area (Å²) in [4.78, 5) is 9.69. The van der Waals surface area contributed by atoms with Crippen LogP contribution < -0.4 is 0 Å². The van der Waals surface area contributed by atoms with Crippen LogP contribution in [0.1, 0.15) is 60.8 Å². The van der Waals surface area contributed by atoms with Crippen molar-refractivity contribution in [3.05, 3.63) is 5.92 Å². The summed E-state index contributed by atoms with van der Waals surface area (Å²) < 4.78 is -0.294. The fourth-order valence-corrected chi connectivity index (χ4v) is 3.70. The molecule has 0 aromatic heterocycles. The molecule has 0 amide bonds. The van der Waals surface area contributed by atoms with Gasteiger partial charge >= 0.3 is 31.1 Å². The molecule has 2 rings (SSSR count). The number of fused-ring (bicyclic) bond motifs is 2. The zero-order valence-corrected chi connectivity index (χ0v) is 19.5. The molecule has 0 spiro atoms. The molecule has 2 aliphatic rings. The number of rotatable bonds is 1. The first-order chi connectivity index (χ1) is 8.09. The van der Waals surface area contributed by atoms with E-state index in [9.17, 15) is 4.79 Å². The summed E-state index contributed by atoms with van der Waals surface area (Å²) in [7, 11) is 0. The van der Waals surface area contributed by atoms with E-state index < -0.39 is 0 Å². The van der Waals surface area contributed by atoms with Crippen LogP contribution in [-0.2, 0) is 4.79 Å². The smallest absolute Gasteiger partial charge is 0.541 e. The Morgan fingerprint density at radius 3 is 2.16 bits per heavy atom. The van der Waals surface area contributed by atoms with Gasteiger partial charge in [0.1, 0.15) is 0 Å². The molecule has 4 atom stereocenters. The minimum Gasteiger partial charge on any atom is -0.541 e. The van der Waals surface area contributed by atoms with Crippen molar-refractivity contribution in [2.75, 3.05) is 0 Å². The van der Waals surface area contributed by atoms with Crippen LogP contribution in [0.25, 0.3) is 0 Å². The first-order valence-corrected chi connectivity index (χ1v) is 8.08. The maximum absolute atomic E-state index is 9.69. The van der Waals surface area contributed by atoms with E-state index in [-0.39, 0.29) is 34.5 Å². The maximum Gasteiger partial charge on any atom is 2.00 e. The van der Waals surface area contributed by atoms with Gasteiger partial charge in [0.05, 0.1) is 0 Å². The third-order valence-electron chi connectivity index (χ3n) is 4.83. The fourth-order valence-electron chi connectivity index (χ4n) is 3.70. The van der Waals surface area contributed by atoms with Crippen molar-refractivity contribution in [3.8, 4) is 0 Å². The fraction of sp³-hybridized carbons (Fsp3) is 0.875. The van der Waals surface area contributed by atoms with Crippen molar-refractivity contribution in [3.63, 3.8) is 0 Å². The molecule has 2 aliphatic carbocycles. The van der Waals surface area contributed by atoms with Gasteiger partial charge in [-0.1, -0.05) is 56.3 Å². The molecule has 0 radical (unpaired) electrons. The Kier molecular flexibility index (Phi) is 8.22. The van der Waals surface area contributed by atoms with Crippen LogP contribution in [-0.4, -0.2) is 9.71 Å². The zero-order chi connectivity index (χ0) is 14.1. The first kappa shape index (κ1) is 20.5. The molecule has 2 fully saturated rings. The van der Waals surface area contributed by atoms with Gasteiger partial charge in [-0.2, -0.15) is 18.8 Å². The van der Waals surface area contributed by atoms with Gasteiger partial charge in [-0.3, -0.25) is 0 Å². The number of carbonyl (C=O) groups excluding carboxylic acids is 1. The Bertz CT molecular complexity index is 296. The van der Waals surface area contributed by atoms with E-state index in [0.717, 1.165) is 17.8 Å². The van der Waals surface area contributed by atoms with Crippen molar-refractivity contribution in [2.45, 2.75) is 64.2 Å². The number of hydrogen-bond acceptors (Lipinski definition) is 1. The predicted octanol–water partition coefficient (Wildman–Crippen LogP) is 4.98. The van der Waals surface area contributed by atoms with Gasteiger partial charge in [0.15, 0.2) is 0 Å². The van der Waals surface area contributed by atoms with Crippen LogP contribution >= 0.6 is 22.6 Å². The van der Waals surface area contributed by atoms with Crippen LogP contribution in [0.4, 0.5) is 0 Å². The molecule has 19 heavy (non-hydrogen) atoms. The molecule has 1 unspecified atom stereocenters. The molecule has 2 bridgehead atoms. The molecule has 108 valence electrons. The standard InChI is InChI=1S/C12H21.C4H6IO.U/c1-8-5-11-7-12(4,6-8)10(3)9(11)2;1-4(2,5)3-6;/h8,10-11H,5-7H2,1-4H3;1-2H3;/q2*-1;+2/t8-,10+,11-,12?;;/m0../s1. The van der Waals surface area contributed by atoms with E-state index in [2.05, 4.69) is 27.7 Å². The van der Waals surface area contributed by atoms with E-state index in [1.165, 1.54) is 19.3 Å². The monoisotopic (exact) mass is 600 g/mol. The van der Waals surface area contributed by atoms with Crippen molar-refractivity contribution in [2.24, 2.45) is 23.2 Å². The summed E-state index contributed by atoms with van der Waals surface area (Å²) in [6.07, 6.45) is 6.24. The second-order valence-corrected chi connectivity index (χ2v) is 9.84. The summed E-state index contributed by atoms with van der Waals surface area (Å²) in [5.41, 5.74) is 0.659. The van der Waals surface area contributed by atoms with Gasteiger partial charge in [0, 0.05) is 0 Å². The van der Waals surface area contributed by atoms with Crippen molar-refractivity contribution < 1.29 is 35.9 Å². The van der Waals surface area contributed by atoms with Gasteiger partial charge in [-0.25, -0.2) is 6.29 Å². The molecule has 0 N–H and O–H groups in total. The molecular weight excluding hydrogens is 573 g/mol. The third-order valence-corrected chi connectivity index (χ3v) is 5.05. The molecule has 0 heterocycles. The molecule has 1 nitrogen and oxygen atoms in total. The zero-order valence-electron chi connectivity index (χ0n) is 13.1. The topological polar surface area (TPSA) is 17.1 Å². The van der Waals surface area contributed by atoms with Crippen LogP contribution in [0.2, 0.25) is 0 Å². The minimum absolute atomic E-state index is 0. The molecule has 2 saturated carbocycles. The van der Waals surface area contributed by atoms with E-state index in [0.29, 0.717) is 5.41 Å². The minimum atomic E-state index is -0.294. The van der Waals surface area contributed by atoms with Crippen LogP contribution in [0.3, 0.4) is 0 Å². The number of hydrogen-bond donors (Lipinski definition) is 0. The summed E-state index contributed by atoms with van der Waals surface area (Å²) >= 11 is 2.02. The quantitative estimate of drug-likeness (QED) is 0.236. The molecule has 0 aliphatic heterocycles. The summed E-state index contributed by atoms with van der Waals surface area (Å²) in [6.45, 7) is 13.4. The predicted molar refractivity (Wildman–Crippen MR) is 86.5 cm³/mol. The van der Waals surface area contributed by atoms with E-state index in [1.807, 2.05) is 28.9 Å². The average Bonchev–Trinajstić information content (AvgIpc) is 2.39. The second-order valence-electron chi connectivity index (χ2n) is 7.14. The van der Waals surface area contributed by atoms with Gasteiger partial charge in [-0.15, -0.1) is 22.6 Å².